The van der Waals surface area contributed by atoms with Crippen molar-refractivity contribution >= 4 is 180 Å². The quantitative estimate of drug-likeness (QED) is 0.0386. The van der Waals surface area contributed by atoms with Gasteiger partial charge in [0.15, 0.2) is 15.7 Å². The molecule has 0 fully saturated rings. The number of nitrogens with zero attached hydrogens (tertiary/aromatic N) is 11. The molecule has 16 aromatic rings. The maximum absolute atomic E-state index is 12.5. The molecule has 9 aromatic heterocycles. The van der Waals surface area contributed by atoms with Crippen LogP contribution in [0.4, 0.5) is 28.4 Å². The molecule has 0 radical (unpaired) electrons. The van der Waals surface area contributed by atoms with E-state index in [4.69, 9.17) is 86.3 Å². The van der Waals surface area contributed by atoms with Gasteiger partial charge in [0.2, 0.25) is 20.0 Å². The number of rotatable bonds is 20. The van der Waals surface area contributed by atoms with Crippen molar-refractivity contribution < 1.29 is 49.2 Å². The van der Waals surface area contributed by atoms with Crippen molar-refractivity contribution in [3.8, 4) is 62.1 Å². The van der Waals surface area contributed by atoms with Gasteiger partial charge >= 0.3 is 0 Å². The fourth-order valence-corrected chi connectivity index (χ4v) is 16.3. The van der Waals surface area contributed by atoms with Crippen molar-refractivity contribution in [1.29, 1.82) is 0 Å². The molecule has 28 nitrogen and oxygen atoms in total. The normalized spacial score (nSPS) is 11.0. The molecule has 9 heterocycles. The average molecular weight is 1950 g/mol. The molecule has 0 spiro atoms. The number of amides is 5. The molecule has 0 saturated heterocycles. The summed E-state index contributed by atoms with van der Waals surface area (Å²) in [4.78, 5) is 95.8. The number of carbonyl (C=O) groups is 5. The number of benzene rings is 7. The van der Waals surface area contributed by atoms with Gasteiger partial charge in [-0.15, -0.1) is 11.3 Å². The van der Waals surface area contributed by atoms with E-state index < -0.39 is 35.8 Å². The lowest BCUT2D eigenvalue weighted by Crippen LogP contribution is -2.22. The average Bonchev–Trinajstić information content (AvgIpc) is 1.41. The van der Waals surface area contributed by atoms with Crippen molar-refractivity contribution in [2.45, 2.75) is 14.0 Å². The van der Waals surface area contributed by atoms with E-state index in [9.17, 15) is 49.2 Å². The molecule has 0 aliphatic carbocycles. The second-order valence-corrected chi connectivity index (χ2v) is 37.1. The number of anilines is 5. The molecule has 656 valence electrons. The number of nitrogens with two attached hydrogens (primary N) is 1. The summed E-state index contributed by atoms with van der Waals surface area (Å²) in [5, 5.41) is 25.9. The number of hydrogen-bond donors (Lipinski definition) is 6. The van der Waals surface area contributed by atoms with Gasteiger partial charge < -0.3 is 26.6 Å². The van der Waals surface area contributed by atoms with Crippen molar-refractivity contribution in [2.24, 2.45) is 5.14 Å². The van der Waals surface area contributed by atoms with Gasteiger partial charge in [-0.25, -0.2) is 54.3 Å². The highest BCUT2D eigenvalue weighted by atomic mass is 35.5. The summed E-state index contributed by atoms with van der Waals surface area (Å²) in [6.45, 7) is 0. The molecule has 0 aliphatic heterocycles. The van der Waals surface area contributed by atoms with E-state index in [0.717, 1.165) is 38.7 Å². The number of aromatic nitrogens is 10. The standard InChI is InChI=1S/C20H18ClN3O3S.C19H13ClN6O.C18H14ClN3O3S.C17H10Cl3N3O.C17H13ClN2O3S2/c1-24(2)28(26,27)16-9-6-14(7-10-16)20(25)23-15-8-11-18(21)17(13-15)19-5-3-4-12-22-19;20-16-6-5-14(9-15(16)17-3-1-2-8-22-17)25-19(27)13-4-7-18(23-10-13)26-12-21-11-24-26;19-16-9-6-13(11-15(16)17-3-1-2-10-21-17)22-18(23)12-4-7-14(8-5-12)26(20,24)25;18-13-6-4-10(9-12(13)14-3-1-2-8-21-14)22-17(24)11-5-7-15(19)23-16(11)20;1-25(22,23)16-8-7-15(24-16)17(21)20-11-5-6-13(18)12(10-11)14-4-2-3-9-19-14/h3-13H,1-2H3,(H,23,25);1-12H,(H,25,27);1-11H,(H,22,23)(H2,20,24,25);1-9H,(H,22,24);2-10H,1H3,(H,20,21). The van der Waals surface area contributed by atoms with Crippen LogP contribution in [0, 0.1) is 0 Å². The van der Waals surface area contributed by atoms with Gasteiger partial charge in [-0.1, -0.05) is 112 Å². The Morgan fingerprint density at radius 1 is 0.385 bits per heavy atom. The zero-order valence-electron chi connectivity index (χ0n) is 67.8. The van der Waals surface area contributed by atoms with E-state index in [1.165, 1.54) is 110 Å². The first-order chi connectivity index (χ1) is 62.2. The van der Waals surface area contributed by atoms with Crippen LogP contribution in [0.1, 0.15) is 51.1 Å². The highest BCUT2D eigenvalue weighted by Crippen LogP contribution is 2.36. The third-order valence-electron chi connectivity index (χ3n) is 18.1. The number of hydrogen-bond acceptors (Lipinski definition) is 21. The largest absolute Gasteiger partial charge is 0.322 e. The maximum Gasteiger partial charge on any atom is 0.265 e. The lowest BCUT2D eigenvalue weighted by atomic mass is 10.1. The first-order valence-electron chi connectivity index (χ1n) is 37.9. The summed E-state index contributed by atoms with van der Waals surface area (Å²) in [5.74, 6) is -1.22. The molecule has 7 aromatic carbocycles. The van der Waals surface area contributed by atoms with Crippen LogP contribution in [-0.4, -0.2) is 129 Å². The summed E-state index contributed by atoms with van der Waals surface area (Å²) in [6, 6.07) is 73.6. The molecule has 5 amide bonds. The number of sulfonamides is 2. The van der Waals surface area contributed by atoms with Crippen LogP contribution in [0.2, 0.25) is 35.4 Å². The van der Waals surface area contributed by atoms with Crippen LogP contribution < -0.4 is 31.7 Å². The van der Waals surface area contributed by atoms with Crippen LogP contribution in [0.5, 0.6) is 0 Å². The molecule has 0 bridgehead atoms. The molecule has 39 heteroatoms. The number of carbonyl (C=O) groups excluding carboxylic acids is 5. The summed E-state index contributed by atoms with van der Waals surface area (Å²) in [7, 11) is -7.75. The van der Waals surface area contributed by atoms with Crippen molar-refractivity contribution in [1.82, 2.24) is 54.0 Å². The number of primary sulfonamides is 1. The van der Waals surface area contributed by atoms with Crippen LogP contribution in [0.25, 0.3) is 62.1 Å². The van der Waals surface area contributed by atoms with E-state index >= 15 is 0 Å². The van der Waals surface area contributed by atoms with Crippen LogP contribution in [-0.2, 0) is 29.9 Å². The van der Waals surface area contributed by atoms with Gasteiger partial charge in [0.05, 0.1) is 79.4 Å². The van der Waals surface area contributed by atoms with Gasteiger partial charge in [-0.3, -0.25) is 48.9 Å². The molecule has 0 saturated carbocycles. The monoisotopic (exact) mass is 1950 g/mol. The molecule has 7 N–H and O–H groups in total. The van der Waals surface area contributed by atoms with Crippen LogP contribution in [0.15, 0.2) is 331 Å². The Morgan fingerprint density at radius 2 is 0.738 bits per heavy atom. The summed E-state index contributed by atoms with van der Waals surface area (Å²) < 4.78 is 72.6. The fourth-order valence-electron chi connectivity index (χ4n) is 11.6. The third-order valence-corrected chi connectivity index (χ3v) is 25.9. The Balaban J connectivity index is 0.000000147. The highest BCUT2D eigenvalue weighted by Gasteiger charge is 2.22. The summed E-state index contributed by atoms with van der Waals surface area (Å²) >= 11 is 43.8. The zero-order chi connectivity index (χ0) is 92.8. The summed E-state index contributed by atoms with van der Waals surface area (Å²) in [6.07, 6.45) is 13.9. The van der Waals surface area contributed by atoms with E-state index in [2.05, 4.69) is 71.6 Å². The van der Waals surface area contributed by atoms with Gasteiger partial charge in [-0.2, -0.15) is 5.10 Å². The van der Waals surface area contributed by atoms with E-state index in [1.807, 2.05) is 78.9 Å². The SMILES string of the molecule is CN(C)S(=O)(=O)c1ccc(C(=O)Nc2ccc(Cl)c(-c3ccccn3)c2)cc1.CS(=O)(=O)c1ccc(C(=O)Nc2ccc(Cl)c(-c3ccccn3)c2)s1.NS(=O)(=O)c1ccc(C(=O)Nc2ccc(Cl)c(-c3ccccn3)c2)cc1.O=C(Nc1ccc(Cl)c(-c2ccccn2)c1)c1ccc(-n2cncn2)nc1.O=C(Nc1ccc(Cl)c(-c2ccccn2)c1)c1ccc(Cl)nc1Cl. The van der Waals surface area contributed by atoms with E-state index in [1.54, 1.807) is 146 Å². The van der Waals surface area contributed by atoms with Gasteiger partial charge in [0.25, 0.3) is 29.5 Å². The second-order valence-electron chi connectivity index (χ2n) is 27.3. The number of thiophene rings is 1. The molecule has 16 rings (SSSR count). The Morgan fingerprint density at radius 3 is 1.05 bits per heavy atom. The minimum atomic E-state index is -3.80. The smallest absolute Gasteiger partial charge is 0.265 e. The van der Waals surface area contributed by atoms with Gasteiger partial charge in [-0.05, 0) is 237 Å². The topological polar surface area (TPSA) is 398 Å². The number of sulfone groups is 1. The lowest BCUT2D eigenvalue weighted by Gasteiger charge is -2.12. The van der Waals surface area contributed by atoms with Crippen LogP contribution >= 0.6 is 92.5 Å². The predicted octanol–water partition coefficient (Wildman–Crippen LogP) is 20.3. The molecule has 130 heavy (non-hydrogen) atoms. The number of halogens is 7. The Bertz CT molecular complexity index is 7130. The molecular formula is C91H68Cl7N17O11S4. The molecular weight excluding hydrogens is 1880 g/mol. The Hall–Kier alpha value is -13.4. The third kappa shape index (κ3) is 26.0. The van der Waals surface area contributed by atoms with E-state index in [0.29, 0.717) is 120 Å². The Labute approximate surface area is 784 Å². The predicted molar refractivity (Wildman–Crippen MR) is 509 cm³/mol. The number of nitrogens with one attached hydrogen (secondary N) is 5. The minimum Gasteiger partial charge on any atom is -0.322 e. The highest BCUT2D eigenvalue weighted by molar-refractivity contribution is 7.92. The maximum atomic E-state index is 12.5. The van der Waals surface area contributed by atoms with Gasteiger partial charge in [0, 0.05) is 125 Å². The first-order valence-corrected chi connectivity index (χ1v) is 46.3. The van der Waals surface area contributed by atoms with Crippen molar-refractivity contribution in [3.05, 3.63) is 379 Å². The summed E-state index contributed by atoms with van der Waals surface area (Å²) in [5.41, 5.74) is 11.2. The molecule has 0 unspecified atom stereocenters. The molecule has 0 atom stereocenters. The van der Waals surface area contributed by atoms with Gasteiger partial charge in [0.1, 0.15) is 27.2 Å². The Kier molecular flexibility index (Phi) is 32.4. The first kappa shape index (κ1) is 95.7. The van der Waals surface area contributed by atoms with Crippen molar-refractivity contribution in [3.63, 3.8) is 0 Å². The van der Waals surface area contributed by atoms with Crippen molar-refractivity contribution in [2.75, 3.05) is 46.9 Å². The lowest BCUT2D eigenvalue weighted by molar-refractivity contribution is 0.101. The molecule has 0 aliphatic rings. The number of pyridine rings is 7. The van der Waals surface area contributed by atoms with Crippen LogP contribution in [0.3, 0.4) is 0 Å². The zero-order valence-corrected chi connectivity index (χ0v) is 76.3. The fraction of sp³-hybridized carbons (Fsp3) is 0.0330. The van der Waals surface area contributed by atoms with E-state index in [-0.39, 0.29) is 53.5 Å². The second kappa shape index (κ2) is 44.1. The minimum absolute atomic E-state index is 0.0407.